The normalized spacial score (nSPS) is 9.78. The first-order valence-corrected chi connectivity index (χ1v) is 6.90. The smallest absolute Gasteiger partial charge is 0.337 e. The second-order valence-electron chi connectivity index (χ2n) is 4.83. The second kappa shape index (κ2) is 7.23. The summed E-state index contributed by atoms with van der Waals surface area (Å²) in [5, 5.41) is 8.86. The number of hydrogen-bond donors (Lipinski definition) is 0. The molecule has 0 bridgehead atoms. The van der Waals surface area contributed by atoms with Gasteiger partial charge in [-0.25, -0.2) is 4.79 Å². The first-order chi connectivity index (χ1) is 11.0. The first-order valence-electron chi connectivity index (χ1n) is 6.90. The van der Waals surface area contributed by atoms with Gasteiger partial charge in [0.1, 0.15) is 6.61 Å². The van der Waals surface area contributed by atoms with Crippen LogP contribution in [0.2, 0.25) is 0 Å². The number of carbonyl (C=O) groups is 2. The highest BCUT2D eigenvalue weighted by atomic mass is 16.5. The molecule has 0 amide bonds. The number of benzene rings is 2. The summed E-state index contributed by atoms with van der Waals surface area (Å²) in [4.78, 5) is 22.7. The summed E-state index contributed by atoms with van der Waals surface area (Å²) in [5.41, 5.74) is 3.31. The Morgan fingerprint density at radius 2 is 1.83 bits per heavy atom. The van der Waals surface area contributed by atoms with Crippen LogP contribution in [0.15, 0.2) is 42.5 Å². The summed E-state index contributed by atoms with van der Waals surface area (Å²) in [7, 11) is 1.31. The molecule has 0 aliphatic heterocycles. The lowest BCUT2D eigenvalue weighted by molar-refractivity contribution is -0.142. The predicted octanol–water partition coefficient (Wildman–Crippen LogP) is 3.07. The molecule has 2 aromatic carbocycles. The van der Waals surface area contributed by atoms with Gasteiger partial charge in [0.2, 0.25) is 0 Å². The molecule has 5 heteroatoms. The Bertz CT molecular complexity index is 773. The zero-order valence-electron chi connectivity index (χ0n) is 12.8. The van der Waals surface area contributed by atoms with Crippen molar-refractivity contribution in [2.45, 2.75) is 13.5 Å². The van der Waals surface area contributed by atoms with E-state index >= 15 is 0 Å². The molecule has 2 rings (SSSR count). The Morgan fingerprint density at radius 3 is 2.39 bits per heavy atom. The standard InChI is InChI=1S/C18H15NO4/c1-12(20)23-11-16-9-15(18(21)22-2)7-8-17(16)14-5-3-13(10-19)4-6-14/h3-9H,11H2,1-2H3. The highest BCUT2D eigenvalue weighted by Crippen LogP contribution is 2.26. The Morgan fingerprint density at radius 1 is 1.13 bits per heavy atom. The van der Waals surface area contributed by atoms with Gasteiger partial charge in [-0.3, -0.25) is 4.79 Å². The number of esters is 2. The van der Waals surface area contributed by atoms with Crippen LogP contribution < -0.4 is 0 Å². The number of rotatable bonds is 4. The lowest BCUT2D eigenvalue weighted by atomic mass is 9.97. The van der Waals surface area contributed by atoms with Gasteiger partial charge in [-0.2, -0.15) is 5.26 Å². The van der Waals surface area contributed by atoms with E-state index < -0.39 is 11.9 Å². The lowest BCUT2D eigenvalue weighted by Crippen LogP contribution is -2.05. The molecule has 0 spiro atoms. The van der Waals surface area contributed by atoms with E-state index in [2.05, 4.69) is 6.07 Å². The third-order valence-corrected chi connectivity index (χ3v) is 3.28. The van der Waals surface area contributed by atoms with Crippen molar-refractivity contribution in [2.24, 2.45) is 0 Å². The Kier molecular flexibility index (Phi) is 5.11. The number of nitriles is 1. The van der Waals surface area contributed by atoms with Gasteiger partial charge in [-0.15, -0.1) is 0 Å². The van der Waals surface area contributed by atoms with Crippen molar-refractivity contribution in [3.05, 3.63) is 59.2 Å². The molecule has 0 N–H and O–H groups in total. The van der Waals surface area contributed by atoms with Crippen molar-refractivity contribution in [1.82, 2.24) is 0 Å². The maximum atomic E-state index is 11.7. The van der Waals surface area contributed by atoms with Crippen molar-refractivity contribution in [3.63, 3.8) is 0 Å². The summed E-state index contributed by atoms with van der Waals surface area (Å²) in [6.07, 6.45) is 0. The van der Waals surface area contributed by atoms with Crippen molar-refractivity contribution in [3.8, 4) is 17.2 Å². The van der Waals surface area contributed by atoms with E-state index in [4.69, 9.17) is 14.7 Å². The Balaban J connectivity index is 2.45. The number of ether oxygens (including phenoxy) is 2. The van der Waals surface area contributed by atoms with Gasteiger partial charge in [0, 0.05) is 6.92 Å². The molecule has 0 saturated heterocycles. The zero-order valence-corrected chi connectivity index (χ0v) is 12.8. The third kappa shape index (κ3) is 3.95. The zero-order chi connectivity index (χ0) is 16.8. The summed E-state index contributed by atoms with van der Waals surface area (Å²) in [6.45, 7) is 1.38. The molecule has 0 aromatic heterocycles. The van der Waals surface area contributed by atoms with Gasteiger partial charge in [0.15, 0.2) is 0 Å². The molecule has 23 heavy (non-hydrogen) atoms. The first kappa shape index (κ1) is 16.2. The van der Waals surface area contributed by atoms with Crippen LogP contribution in [0.4, 0.5) is 0 Å². The van der Waals surface area contributed by atoms with Crippen LogP contribution in [-0.4, -0.2) is 19.0 Å². The minimum absolute atomic E-state index is 0.0511. The Labute approximate surface area is 134 Å². The molecule has 0 radical (unpaired) electrons. The average molecular weight is 309 g/mol. The molecule has 0 heterocycles. The summed E-state index contributed by atoms with van der Waals surface area (Å²) in [6, 6.07) is 14.2. The van der Waals surface area contributed by atoms with Crippen molar-refractivity contribution in [1.29, 1.82) is 5.26 Å². The fourth-order valence-electron chi connectivity index (χ4n) is 2.14. The van der Waals surface area contributed by atoms with E-state index in [9.17, 15) is 9.59 Å². The van der Waals surface area contributed by atoms with E-state index in [-0.39, 0.29) is 6.61 Å². The third-order valence-electron chi connectivity index (χ3n) is 3.28. The van der Waals surface area contributed by atoms with Crippen molar-refractivity contribution in [2.75, 3.05) is 7.11 Å². The van der Waals surface area contributed by atoms with E-state index in [1.54, 1.807) is 30.3 Å². The van der Waals surface area contributed by atoms with E-state index in [1.807, 2.05) is 12.1 Å². The molecule has 0 aliphatic carbocycles. The van der Waals surface area contributed by atoms with E-state index in [0.29, 0.717) is 16.7 Å². The van der Waals surface area contributed by atoms with Crippen LogP contribution in [0.1, 0.15) is 28.4 Å². The maximum Gasteiger partial charge on any atom is 0.337 e. The monoisotopic (exact) mass is 309 g/mol. The molecule has 0 saturated carbocycles. The van der Waals surface area contributed by atoms with Gasteiger partial charge in [0.25, 0.3) is 0 Å². The largest absolute Gasteiger partial charge is 0.465 e. The number of methoxy groups -OCH3 is 1. The lowest BCUT2D eigenvalue weighted by Gasteiger charge is -2.12. The number of nitrogens with zero attached hydrogens (tertiary/aromatic N) is 1. The van der Waals surface area contributed by atoms with Crippen LogP contribution in [0.5, 0.6) is 0 Å². The fraction of sp³-hybridized carbons (Fsp3) is 0.167. The molecule has 116 valence electrons. The molecule has 0 atom stereocenters. The quantitative estimate of drug-likeness (QED) is 0.811. The SMILES string of the molecule is COC(=O)c1ccc(-c2ccc(C#N)cc2)c(COC(C)=O)c1. The second-order valence-corrected chi connectivity index (χ2v) is 4.83. The molecule has 0 fully saturated rings. The average Bonchev–Trinajstić information content (AvgIpc) is 2.59. The summed E-state index contributed by atoms with van der Waals surface area (Å²) >= 11 is 0. The van der Waals surface area contributed by atoms with Gasteiger partial charge < -0.3 is 9.47 Å². The van der Waals surface area contributed by atoms with Gasteiger partial charge >= 0.3 is 11.9 Å². The highest BCUT2D eigenvalue weighted by molar-refractivity contribution is 5.90. The summed E-state index contributed by atoms with van der Waals surface area (Å²) in [5.74, 6) is -0.861. The summed E-state index contributed by atoms with van der Waals surface area (Å²) < 4.78 is 9.77. The van der Waals surface area contributed by atoms with Gasteiger partial charge in [-0.1, -0.05) is 18.2 Å². The molecular formula is C18H15NO4. The molecular weight excluding hydrogens is 294 g/mol. The predicted molar refractivity (Wildman–Crippen MR) is 83.4 cm³/mol. The van der Waals surface area contributed by atoms with Gasteiger partial charge in [0.05, 0.1) is 24.3 Å². The van der Waals surface area contributed by atoms with Gasteiger partial charge in [-0.05, 0) is 41.0 Å². The molecule has 0 aliphatic rings. The minimum atomic E-state index is -0.458. The van der Waals surface area contributed by atoms with Crippen molar-refractivity contribution < 1.29 is 19.1 Å². The van der Waals surface area contributed by atoms with Crippen LogP contribution in [-0.2, 0) is 20.9 Å². The maximum absolute atomic E-state index is 11.7. The highest BCUT2D eigenvalue weighted by Gasteiger charge is 2.12. The topological polar surface area (TPSA) is 76.4 Å². The van der Waals surface area contributed by atoms with Crippen LogP contribution in [0, 0.1) is 11.3 Å². The molecule has 2 aromatic rings. The van der Waals surface area contributed by atoms with Crippen LogP contribution in [0.3, 0.4) is 0 Å². The molecule has 0 unspecified atom stereocenters. The van der Waals surface area contributed by atoms with Crippen LogP contribution in [0.25, 0.3) is 11.1 Å². The van der Waals surface area contributed by atoms with E-state index in [0.717, 1.165) is 11.1 Å². The minimum Gasteiger partial charge on any atom is -0.465 e. The van der Waals surface area contributed by atoms with E-state index in [1.165, 1.54) is 14.0 Å². The fourth-order valence-corrected chi connectivity index (χ4v) is 2.14. The number of carbonyl (C=O) groups excluding carboxylic acids is 2. The Hall–Kier alpha value is -3.13. The number of hydrogen-bond acceptors (Lipinski definition) is 5. The van der Waals surface area contributed by atoms with Crippen LogP contribution >= 0.6 is 0 Å². The molecule has 5 nitrogen and oxygen atoms in total. The van der Waals surface area contributed by atoms with Crippen molar-refractivity contribution >= 4 is 11.9 Å².